The average molecular weight is 174 g/mol. The highest BCUT2D eigenvalue weighted by Crippen LogP contribution is 2.49. The first-order valence-electron chi connectivity index (χ1n) is 3.71. The van der Waals surface area contributed by atoms with Crippen LogP contribution in [0.4, 0.5) is 0 Å². The Morgan fingerprint density at radius 3 is 2.58 bits per heavy atom. The predicted octanol–water partition coefficient (Wildman–Crippen LogP) is 2.17. The SMILES string of the molecule is N#Cc1csc(C2(C#N)CC2)c1. The van der Waals surface area contributed by atoms with Crippen LogP contribution in [-0.2, 0) is 5.41 Å². The molecule has 0 unspecified atom stereocenters. The molecule has 2 nitrogen and oxygen atoms in total. The van der Waals surface area contributed by atoms with Crippen molar-refractivity contribution in [2.75, 3.05) is 0 Å². The lowest BCUT2D eigenvalue weighted by molar-refractivity contribution is 0.936. The van der Waals surface area contributed by atoms with Gasteiger partial charge in [0, 0.05) is 10.3 Å². The average Bonchev–Trinajstić information content (AvgIpc) is 2.77. The Kier molecular flexibility index (Phi) is 1.43. The van der Waals surface area contributed by atoms with E-state index >= 15 is 0 Å². The van der Waals surface area contributed by atoms with E-state index in [1.807, 2.05) is 11.4 Å². The zero-order valence-electron chi connectivity index (χ0n) is 6.37. The number of rotatable bonds is 1. The monoisotopic (exact) mass is 174 g/mol. The van der Waals surface area contributed by atoms with Crippen LogP contribution in [0.2, 0.25) is 0 Å². The maximum absolute atomic E-state index is 8.87. The standard InChI is InChI=1S/C9H6N2S/c10-4-7-3-8(12-5-7)9(6-11)1-2-9/h3,5H,1-2H2. The molecule has 1 aliphatic carbocycles. The second-order valence-corrected chi connectivity index (χ2v) is 3.92. The number of nitrogens with zero attached hydrogens (tertiary/aromatic N) is 2. The van der Waals surface area contributed by atoms with E-state index in [9.17, 15) is 0 Å². The summed E-state index contributed by atoms with van der Waals surface area (Å²) in [5.74, 6) is 0. The van der Waals surface area contributed by atoms with Gasteiger partial charge >= 0.3 is 0 Å². The fourth-order valence-electron chi connectivity index (χ4n) is 1.18. The fraction of sp³-hybridized carbons (Fsp3) is 0.333. The molecule has 1 aromatic heterocycles. The highest BCUT2D eigenvalue weighted by molar-refractivity contribution is 7.10. The zero-order chi connectivity index (χ0) is 8.60. The Morgan fingerprint density at radius 2 is 2.17 bits per heavy atom. The molecule has 0 aromatic carbocycles. The van der Waals surface area contributed by atoms with Crippen molar-refractivity contribution in [2.24, 2.45) is 0 Å². The molecule has 0 N–H and O–H groups in total. The fourth-order valence-corrected chi connectivity index (χ4v) is 2.23. The lowest BCUT2D eigenvalue weighted by atomic mass is 10.1. The van der Waals surface area contributed by atoms with E-state index in [2.05, 4.69) is 12.1 Å². The maximum atomic E-state index is 8.87. The summed E-state index contributed by atoms with van der Waals surface area (Å²) in [6.45, 7) is 0. The lowest BCUT2D eigenvalue weighted by Crippen LogP contribution is -1.97. The summed E-state index contributed by atoms with van der Waals surface area (Å²) in [7, 11) is 0. The number of nitriles is 2. The molecule has 1 heterocycles. The summed E-state index contributed by atoms with van der Waals surface area (Å²) >= 11 is 1.52. The van der Waals surface area contributed by atoms with Crippen LogP contribution in [0, 0.1) is 22.7 Å². The van der Waals surface area contributed by atoms with Crippen molar-refractivity contribution in [1.82, 2.24) is 0 Å². The molecule has 0 atom stereocenters. The van der Waals surface area contributed by atoms with Gasteiger partial charge in [0.05, 0.1) is 17.0 Å². The summed E-state index contributed by atoms with van der Waals surface area (Å²) in [6, 6.07) is 6.21. The predicted molar refractivity (Wildman–Crippen MR) is 45.6 cm³/mol. The van der Waals surface area contributed by atoms with Crippen LogP contribution in [-0.4, -0.2) is 0 Å². The van der Waals surface area contributed by atoms with E-state index in [0.717, 1.165) is 17.7 Å². The van der Waals surface area contributed by atoms with Gasteiger partial charge in [-0.2, -0.15) is 10.5 Å². The van der Waals surface area contributed by atoms with Gasteiger partial charge in [0.2, 0.25) is 0 Å². The van der Waals surface area contributed by atoms with Gasteiger partial charge < -0.3 is 0 Å². The Morgan fingerprint density at radius 1 is 1.42 bits per heavy atom. The number of thiophene rings is 1. The molecule has 0 radical (unpaired) electrons. The zero-order valence-corrected chi connectivity index (χ0v) is 7.19. The third kappa shape index (κ3) is 0.913. The minimum Gasteiger partial charge on any atom is -0.197 e. The molecule has 0 bridgehead atoms. The summed E-state index contributed by atoms with van der Waals surface area (Å²) in [5.41, 5.74) is 0.455. The van der Waals surface area contributed by atoms with Crippen molar-refractivity contribution in [2.45, 2.75) is 18.3 Å². The van der Waals surface area contributed by atoms with Crippen molar-refractivity contribution in [3.8, 4) is 12.1 Å². The molecular formula is C9H6N2S. The van der Waals surface area contributed by atoms with Gasteiger partial charge in [0.1, 0.15) is 6.07 Å². The maximum Gasteiger partial charge on any atom is 0.100 e. The molecule has 1 aliphatic rings. The second-order valence-electron chi connectivity index (χ2n) is 3.01. The van der Waals surface area contributed by atoms with Gasteiger partial charge in [-0.05, 0) is 18.9 Å². The van der Waals surface area contributed by atoms with Crippen molar-refractivity contribution < 1.29 is 0 Å². The molecular weight excluding hydrogens is 168 g/mol. The normalized spacial score (nSPS) is 17.8. The largest absolute Gasteiger partial charge is 0.197 e. The van der Waals surface area contributed by atoms with Crippen LogP contribution < -0.4 is 0 Å². The third-order valence-electron chi connectivity index (χ3n) is 2.16. The van der Waals surface area contributed by atoms with E-state index in [4.69, 9.17) is 10.5 Å². The second kappa shape index (κ2) is 2.33. The highest BCUT2D eigenvalue weighted by atomic mass is 32.1. The molecule has 0 saturated heterocycles. The topological polar surface area (TPSA) is 47.6 Å². The quantitative estimate of drug-likeness (QED) is 0.655. The van der Waals surface area contributed by atoms with E-state index < -0.39 is 0 Å². The molecule has 0 amide bonds. The Balaban J connectivity index is 2.38. The molecule has 58 valence electrons. The first kappa shape index (κ1) is 7.34. The van der Waals surface area contributed by atoms with Crippen LogP contribution in [0.25, 0.3) is 0 Å². The minimum atomic E-state index is -0.222. The van der Waals surface area contributed by atoms with E-state index in [1.165, 1.54) is 11.3 Å². The summed E-state index contributed by atoms with van der Waals surface area (Å²) in [4.78, 5) is 1.06. The molecule has 0 aliphatic heterocycles. The molecule has 1 fully saturated rings. The first-order chi connectivity index (χ1) is 5.80. The van der Waals surface area contributed by atoms with Crippen molar-refractivity contribution in [3.63, 3.8) is 0 Å². The molecule has 1 saturated carbocycles. The van der Waals surface area contributed by atoms with Crippen molar-refractivity contribution in [1.29, 1.82) is 10.5 Å². The third-order valence-corrected chi connectivity index (χ3v) is 3.30. The van der Waals surface area contributed by atoms with Crippen LogP contribution in [0.5, 0.6) is 0 Å². The van der Waals surface area contributed by atoms with Crippen LogP contribution in [0.1, 0.15) is 23.3 Å². The van der Waals surface area contributed by atoms with Crippen molar-refractivity contribution in [3.05, 3.63) is 21.9 Å². The van der Waals surface area contributed by atoms with E-state index in [0.29, 0.717) is 5.56 Å². The summed E-state index contributed by atoms with van der Waals surface area (Å²) < 4.78 is 0. The van der Waals surface area contributed by atoms with E-state index in [1.54, 1.807) is 0 Å². The Hall–Kier alpha value is -1.32. The van der Waals surface area contributed by atoms with Gasteiger partial charge in [-0.3, -0.25) is 0 Å². The van der Waals surface area contributed by atoms with E-state index in [-0.39, 0.29) is 5.41 Å². The first-order valence-corrected chi connectivity index (χ1v) is 4.59. The molecule has 2 rings (SSSR count). The smallest absolute Gasteiger partial charge is 0.100 e. The van der Waals surface area contributed by atoms with Crippen LogP contribution in [0.15, 0.2) is 11.4 Å². The van der Waals surface area contributed by atoms with Gasteiger partial charge in [0.25, 0.3) is 0 Å². The van der Waals surface area contributed by atoms with Crippen molar-refractivity contribution >= 4 is 11.3 Å². The molecule has 0 spiro atoms. The van der Waals surface area contributed by atoms with Gasteiger partial charge in [-0.25, -0.2) is 0 Å². The molecule has 1 aromatic rings. The molecule has 3 heteroatoms. The van der Waals surface area contributed by atoms with Crippen LogP contribution in [0.3, 0.4) is 0 Å². The summed E-state index contributed by atoms with van der Waals surface area (Å²) in [6.07, 6.45) is 1.91. The Labute approximate surface area is 74.7 Å². The van der Waals surface area contributed by atoms with Crippen LogP contribution >= 0.6 is 11.3 Å². The Bertz CT molecular complexity index is 387. The summed E-state index contributed by atoms with van der Waals surface area (Å²) in [5, 5.41) is 19.3. The van der Waals surface area contributed by atoms with Gasteiger partial charge in [-0.15, -0.1) is 11.3 Å². The lowest BCUT2D eigenvalue weighted by Gasteiger charge is -1.97. The van der Waals surface area contributed by atoms with Gasteiger partial charge in [0.15, 0.2) is 0 Å². The number of hydrogen-bond acceptors (Lipinski definition) is 3. The minimum absolute atomic E-state index is 0.222. The number of hydrogen-bond donors (Lipinski definition) is 0. The van der Waals surface area contributed by atoms with Gasteiger partial charge in [-0.1, -0.05) is 0 Å². The highest BCUT2D eigenvalue weighted by Gasteiger charge is 2.46. The molecule has 12 heavy (non-hydrogen) atoms.